The molecule has 2 heterocycles. The summed E-state index contributed by atoms with van der Waals surface area (Å²) in [4.78, 5) is 4.99. The molecule has 0 bridgehead atoms. The smallest absolute Gasteiger partial charge is 0.162 e. The molecule has 0 saturated heterocycles. The lowest BCUT2D eigenvalue weighted by Crippen LogP contribution is -2.30. The maximum atomic E-state index is 5.75. The van der Waals surface area contributed by atoms with E-state index >= 15 is 0 Å². The van der Waals surface area contributed by atoms with Crippen LogP contribution >= 0.6 is 0 Å². The van der Waals surface area contributed by atoms with Gasteiger partial charge in [-0.25, -0.2) is 0 Å². The molecule has 0 atom stereocenters. The van der Waals surface area contributed by atoms with E-state index in [1.807, 2.05) is 6.07 Å². The third-order valence-corrected chi connectivity index (χ3v) is 4.11. The monoisotopic (exact) mass is 293 g/mol. The van der Waals surface area contributed by atoms with E-state index in [-0.39, 0.29) is 5.54 Å². The minimum atomic E-state index is -0.109. The van der Waals surface area contributed by atoms with Gasteiger partial charge in [0.25, 0.3) is 0 Å². The van der Waals surface area contributed by atoms with Gasteiger partial charge >= 0.3 is 0 Å². The molecule has 0 aromatic heterocycles. The van der Waals surface area contributed by atoms with Crippen molar-refractivity contribution in [2.24, 2.45) is 4.99 Å². The molecule has 0 saturated carbocycles. The second kappa shape index (κ2) is 4.87. The zero-order valence-corrected chi connectivity index (χ0v) is 12.9. The molecule has 0 aliphatic carbocycles. The Kier molecular flexibility index (Phi) is 2.96. The van der Waals surface area contributed by atoms with Crippen molar-refractivity contribution >= 4 is 5.71 Å². The molecule has 0 radical (unpaired) electrons. The van der Waals surface area contributed by atoms with Crippen molar-refractivity contribution < 1.29 is 9.47 Å². The Hall–Kier alpha value is -2.29. The summed E-state index contributed by atoms with van der Waals surface area (Å²) in [6, 6.07) is 14.6. The lowest BCUT2D eigenvalue weighted by atomic mass is 9.84. The van der Waals surface area contributed by atoms with Gasteiger partial charge in [-0.05, 0) is 38.0 Å². The molecule has 2 aliphatic rings. The van der Waals surface area contributed by atoms with Gasteiger partial charge in [0.2, 0.25) is 0 Å². The van der Waals surface area contributed by atoms with Crippen LogP contribution in [0.3, 0.4) is 0 Å². The molecule has 4 rings (SSSR count). The van der Waals surface area contributed by atoms with Crippen LogP contribution in [0.2, 0.25) is 0 Å². The Balaban J connectivity index is 1.90. The first-order valence-electron chi connectivity index (χ1n) is 7.71. The molecule has 112 valence electrons. The summed E-state index contributed by atoms with van der Waals surface area (Å²) in [5.41, 5.74) is 4.52. The van der Waals surface area contributed by atoms with Crippen LogP contribution < -0.4 is 9.47 Å². The van der Waals surface area contributed by atoms with Gasteiger partial charge in [-0.15, -0.1) is 0 Å². The fourth-order valence-electron chi connectivity index (χ4n) is 3.18. The third kappa shape index (κ3) is 2.27. The number of rotatable bonds is 1. The van der Waals surface area contributed by atoms with Crippen LogP contribution in [0.1, 0.15) is 30.5 Å². The normalized spacial score (nSPS) is 18.4. The average Bonchev–Trinajstić information content (AvgIpc) is 2.52. The van der Waals surface area contributed by atoms with Crippen LogP contribution in [-0.2, 0) is 6.42 Å². The molecular formula is C19H19NO2. The van der Waals surface area contributed by atoms with Crippen LogP contribution in [0.5, 0.6) is 11.5 Å². The highest BCUT2D eigenvalue weighted by atomic mass is 16.6. The third-order valence-electron chi connectivity index (χ3n) is 4.11. The molecule has 3 nitrogen and oxygen atoms in total. The zero-order chi connectivity index (χ0) is 15.2. The van der Waals surface area contributed by atoms with E-state index in [4.69, 9.17) is 14.5 Å². The highest BCUT2D eigenvalue weighted by Crippen LogP contribution is 2.38. The summed E-state index contributed by atoms with van der Waals surface area (Å²) in [6.07, 6.45) is 0.912. The van der Waals surface area contributed by atoms with Crippen molar-refractivity contribution in [2.75, 3.05) is 13.2 Å². The predicted molar refractivity (Wildman–Crippen MR) is 87.3 cm³/mol. The Morgan fingerprint density at radius 3 is 2.36 bits per heavy atom. The molecule has 3 heteroatoms. The largest absolute Gasteiger partial charge is 0.486 e. The van der Waals surface area contributed by atoms with E-state index in [9.17, 15) is 0 Å². The number of aliphatic imine (C=N–C) groups is 1. The molecule has 0 unspecified atom stereocenters. The molecule has 0 spiro atoms. The van der Waals surface area contributed by atoms with Gasteiger partial charge in [-0.2, -0.15) is 0 Å². The molecule has 2 aliphatic heterocycles. The van der Waals surface area contributed by atoms with Gasteiger partial charge in [-0.1, -0.05) is 30.3 Å². The minimum Gasteiger partial charge on any atom is -0.486 e. The van der Waals surface area contributed by atoms with Crippen molar-refractivity contribution in [3.05, 3.63) is 59.2 Å². The second-order valence-corrected chi connectivity index (χ2v) is 6.47. The van der Waals surface area contributed by atoms with E-state index in [1.165, 1.54) is 5.56 Å². The maximum absolute atomic E-state index is 5.75. The first kappa shape index (κ1) is 13.4. The lowest BCUT2D eigenvalue weighted by molar-refractivity contribution is 0.171. The second-order valence-electron chi connectivity index (χ2n) is 6.47. The maximum Gasteiger partial charge on any atom is 0.162 e. The fourth-order valence-corrected chi connectivity index (χ4v) is 3.18. The number of ether oxygens (including phenoxy) is 2. The summed E-state index contributed by atoms with van der Waals surface area (Å²) in [5.74, 6) is 1.68. The Morgan fingerprint density at radius 2 is 1.64 bits per heavy atom. The van der Waals surface area contributed by atoms with Crippen molar-refractivity contribution in [1.82, 2.24) is 0 Å². The Morgan fingerprint density at radius 1 is 0.955 bits per heavy atom. The van der Waals surface area contributed by atoms with Crippen molar-refractivity contribution in [3.63, 3.8) is 0 Å². The number of nitrogens with zero attached hydrogens (tertiary/aromatic N) is 1. The number of hydrogen-bond acceptors (Lipinski definition) is 3. The van der Waals surface area contributed by atoms with Gasteiger partial charge in [0.15, 0.2) is 11.5 Å². The summed E-state index contributed by atoms with van der Waals surface area (Å²) in [5, 5.41) is 0. The molecule has 0 fully saturated rings. The van der Waals surface area contributed by atoms with Crippen LogP contribution in [0, 0.1) is 0 Å². The molecule has 2 aromatic carbocycles. The summed E-state index contributed by atoms with van der Waals surface area (Å²) >= 11 is 0. The Labute approximate surface area is 130 Å². The topological polar surface area (TPSA) is 30.8 Å². The summed E-state index contributed by atoms with van der Waals surface area (Å²) < 4.78 is 11.5. The standard InChI is InChI=1S/C19H19NO2/c1-19(2)12-14-10-16-17(22-9-8-21-16)11-15(14)18(20-19)13-6-4-3-5-7-13/h3-7,10-11H,8-9,12H2,1-2H3. The molecule has 0 amide bonds. The first-order chi connectivity index (χ1) is 10.6. The number of fused-ring (bicyclic) bond motifs is 2. The van der Waals surface area contributed by atoms with Gasteiger partial charge in [0, 0.05) is 11.1 Å². The van der Waals surface area contributed by atoms with Gasteiger partial charge in [-0.3, -0.25) is 4.99 Å². The average molecular weight is 293 g/mol. The molecule has 22 heavy (non-hydrogen) atoms. The molecular weight excluding hydrogens is 274 g/mol. The first-order valence-corrected chi connectivity index (χ1v) is 7.71. The van der Waals surface area contributed by atoms with Crippen molar-refractivity contribution in [2.45, 2.75) is 25.8 Å². The van der Waals surface area contributed by atoms with E-state index in [0.29, 0.717) is 13.2 Å². The van der Waals surface area contributed by atoms with E-state index in [1.54, 1.807) is 0 Å². The van der Waals surface area contributed by atoms with Crippen LogP contribution in [0.4, 0.5) is 0 Å². The quantitative estimate of drug-likeness (QED) is 0.804. The van der Waals surface area contributed by atoms with E-state index in [0.717, 1.165) is 34.8 Å². The number of benzene rings is 2. The van der Waals surface area contributed by atoms with Gasteiger partial charge in [0.1, 0.15) is 13.2 Å². The molecule has 0 N–H and O–H groups in total. The number of hydrogen-bond donors (Lipinski definition) is 0. The Bertz CT molecular complexity index is 748. The van der Waals surface area contributed by atoms with Crippen LogP contribution in [0.25, 0.3) is 0 Å². The fraction of sp³-hybridized carbons (Fsp3) is 0.316. The highest BCUT2D eigenvalue weighted by molar-refractivity contribution is 6.14. The van der Waals surface area contributed by atoms with Crippen LogP contribution in [0.15, 0.2) is 47.5 Å². The SMILES string of the molecule is CC1(C)Cc2cc3c(cc2C(c2ccccc2)=N1)OCCO3. The van der Waals surface area contributed by atoms with Crippen molar-refractivity contribution in [1.29, 1.82) is 0 Å². The van der Waals surface area contributed by atoms with Gasteiger partial charge in [0.05, 0.1) is 11.3 Å². The lowest BCUT2D eigenvalue weighted by Gasteiger charge is -2.31. The van der Waals surface area contributed by atoms with Crippen LogP contribution in [-0.4, -0.2) is 24.5 Å². The highest BCUT2D eigenvalue weighted by Gasteiger charge is 2.29. The van der Waals surface area contributed by atoms with E-state index in [2.05, 4.69) is 50.2 Å². The summed E-state index contributed by atoms with van der Waals surface area (Å²) in [7, 11) is 0. The minimum absolute atomic E-state index is 0.109. The summed E-state index contributed by atoms with van der Waals surface area (Å²) in [6.45, 7) is 5.58. The zero-order valence-electron chi connectivity index (χ0n) is 12.9. The van der Waals surface area contributed by atoms with E-state index < -0.39 is 0 Å². The van der Waals surface area contributed by atoms with Crippen molar-refractivity contribution in [3.8, 4) is 11.5 Å². The van der Waals surface area contributed by atoms with Gasteiger partial charge < -0.3 is 9.47 Å². The predicted octanol–water partition coefficient (Wildman–Crippen LogP) is 3.63. The molecule has 2 aromatic rings.